The van der Waals surface area contributed by atoms with Crippen molar-refractivity contribution in [2.24, 2.45) is 0 Å². The third-order valence-corrected chi connectivity index (χ3v) is 3.58. The standard InChI is InChI=1S/C13H29N3/c1-4-16(3)10-9-14-12(2)11-13-7-5-6-8-15-13/h12-15H,4-11H2,1-3H3. The average Bonchev–Trinajstić information content (AvgIpc) is 2.30. The molecule has 2 atom stereocenters. The minimum atomic E-state index is 0.640. The van der Waals surface area contributed by atoms with Crippen molar-refractivity contribution in [2.75, 3.05) is 33.2 Å². The van der Waals surface area contributed by atoms with Gasteiger partial charge < -0.3 is 15.5 Å². The van der Waals surface area contributed by atoms with Crippen LogP contribution in [0.1, 0.15) is 39.5 Å². The van der Waals surface area contributed by atoms with E-state index in [9.17, 15) is 0 Å². The van der Waals surface area contributed by atoms with Crippen LogP contribution >= 0.6 is 0 Å². The van der Waals surface area contributed by atoms with Gasteiger partial charge in [0.05, 0.1) is 0 Å². The molecule has 3 nitrogen and oxygen atoms in total. The summed E-state index contributed by atoms with van der Waals surface area (Å²) in [4.78, 5) is 2.35. The maximum atomic E-state index is 3.61. The quantitative estimate of drug-likeness (QED) is 0.689. The van der Waals surface area contributed by atoms with E-state index in [1.807, 2.05) is 0 Å². The SMILES string of the molecule is CCN(C)CCNC(C)CC1CCCCN1. The van der Waals surface area contributed by atoms with Crippen LogP contribution in [0.4, 0.5) is 0 Å². The third-order valence-electron chi connectivity index (χ3n) is 3.58. The molecule has 16 heavy (non-hydrogen) atoms. The van der Waals surface area contributed by atoms with Crippen LogP contribution in [0.15, 0.2) is 0 Å². The van der Waals surface area contributed by atoms with Gasteiger partial charge in [-0.2, -0.15) is 0 Å². The first-order valence-electron chi connectivity index (χ1n) is 6.87. The van der Waals surface area contributed by atoms with E-state index in [0.717, 1.165) is 25.7 Å². The fraction of sp³-hybridized carbons (Fsp3) is 1.00. The van der Waals surface area contributed by atoms with Gasteiger partial charge in [0.15, 0.2) is 0 Å². The molecule has 96 valence electrons. The number of rotatable bonds is 7. The molecule has 1 saturated heterocycles. The molecule has 0 aliphatic carbocycles. The lowest BCUT2D eigenvalue weighted by Crippen LogP contribution is -2.41. The summed E-state index contributed by atoms with van der Waals surface area (Å²) in [6.45, 7) is 9.13. The second kappa shape index (κ2) is 8.04. The maximum absolute atomic E-state index is 3.61. The smallest absolute Gasteiger partial charge is 0.0104 e. The van der Waals surface area contributed by atoms with Crippen molar-refractivity contribution >= 4 is 0 Å². The van der Waals surface area contributed by atoms with Crippen molar-refractivity contribution in [2.45, 2.75) is 51.6 Å². The molecule has 1 fully saturated rings. The first-order chi connectivity index (χ1) is 7.72. The minimum Gasteiger partial charge on any atom is -0.314 e. The van der Waals surface area contributed by atoms with Gasteiger partial charge in [-0.05, 0) is 46.3 Å². The molecule has 0 radical (unpaired) electrons. The molecule has 2 N–H and O–H groups in total. The molecule has 0 amide bonds. The van der Waals surface area contributed by atoms with Crippen LogP contribution < -0.4 is 10.6 Å². The van der Waals surface area contributed by atoms with Crippen LogP contribution in [0.2, 0.25) is 0 Å². The fourth-order valence-electron chi connectivity index (χ4n) is 2.30. The monoisotopic (exact) mass is 227 g/mol. The van der Waals surface area contributed by atoms with Crippen LogP contribution in [0.3, 0.4) is 0 Å². The highest BCUT2D eigenvalue weighted by molar-refractivity contribution is 4.77. The number of hydrogen-bond donors (Lipinski definition) is 2. The average molecular weight is 227 g/mol. The summed E-state index contributed by atoms with van der Waals surface area (Å²) < 4.78 is 0. The van der Waals surface area contributed by atoms with Crippen LogP contribution in [0.5, 0.6) is 0 Å². The summed E-state index contributed by atoms with van der Waals surface area (Å²) in [5.41, 5.74) is 0. The van der Waals surface area contributed by atoms with Gasteiger partial charge in [-0.15, -0.1) is 0 Å². The van der Waals surface area contributed by atoms with Crippen LogP contribution in [-0.2, 0) is 0 Å². The Hall–Kier alpha value is -0.120. The van der Waals surface area contributed by atoms with Crippen molar-refractivity contribution in [3.63, 3.8) is 0 Å². The summed E-state index contributed by atoms with van der Waals surface area (Å²) in [6.07, 6.45) is 5.40. The molecule has 3 heteroatoms. The fourth-order valence-corrected chi connectivity index (χ4v) is 2.30. The summed E-state index contributed by atoms with van der Waals surface area (Å²) in [5, 5.41) is 7.22. The van der Waals surface area contributed by atoms with Crippen molar-refractivity contribution in [3.8, 4) is 0 Å². The molecule has 1 rings (SSSR count). The lowest BCUT2D eigenvalue weighted by molar-refractivity contribution is 0.317. The van der Waals surface area contributed by atoms with E-state index in [1.165, 1.54) is 32.2 Å². The molecule has 0 aromatic heterocycles. The van der Waals surface area contributed by atoms with E-state index >= 15 is 0 Å². The van der Waals surface area contributed by atoms with Crippen LogP contribution in [0, 0.1) is 0 Å². The zero-order valence-electron chi connectivity index (χ0n) is 11.3. The highest BCUT2D eigenvalue weighted by Gasteiger charge is 2.15. The second-order valence-corrected chi connectivity index (χ2v) is 5.13. The van der Waals surface area contributed by atoms with Crippen molar-refractivity contribution in [1.29, 1.82) is 0 Å². The van der Waals surface area contributed by atoms with E-state index in [0.29, 0.717) is 6.04 Å². The maximum Gasteiger partial charge on any atom is 0.0104 e. The molecule has 1 heterocycles. The summed E-state index contributed by atoms with van der Waals surface area (Å²) in [6, 6.07) is 1.39. The Kier molecular flexibility index (Phi) is 7.01. The number of nitrogens with one attached hydrogen (secondary N) is 2. The summed E-state index contributed by atoms with van der Waals surface area (Å²) in [7, 11) is 2.18. The topological polar surface area (TPSA) is 27.3 Å². The molecule has 0 saturated carbocycles. The third kappa shape index (κ3) is 5.83. The van der Waals surface area contributed by atoms with Gasteiger partial charge in [-0.3, -0.25) is 0 Å². The van der Waals surface area contributed by atoms with Crippen LogP contribution in [0.25, 0.3) is 0 Å². The van der Waals surface area contributed by atoms with Crippen molar-refractivity contribution in [1.82, 2.24) is 15.5 Å². The molecule has 0 aromatic carbocycles. The number of nitrogens with zero attached hydrogens (tertiary/aromatic N) is 1. The van der Waals surface area contributed by atoms with E-state index in [4.69, 9.17) is 0 Å². The summed E-state index contributed by atoms with van der Waals surface area (Å²) >= 11 is 0. The Morgan fingerprint density at radius 1 is 1.44 bits per heavy atom. The van der Waals surface area contributed by atoms with Crippen molar-refractivity contribution in [3.05, 3.63) is 0 Å². The molecule has 1 aliphatic heterocycles. The molecular formula is C13H29N3. The predicted octanol–water partition coefficient (Wildman–Crippen LogP) is 1.45. The number of piperidine rings is 1. The highest BCUT2D eigenvalue weighted by Crippen LogP contribution is 2.11. The van der Waals surface area contributed by atoms with Gasteiger partial charge >= 0.3 is 0 Å². The first-order valence-corrected chi connectivity index (χ1v) is 6.87. The molecule has 2 unspecified atom stereocenters. The van der Waals surface area contributed by atoms with Gasteiger partial charge in [0.1, 0.15) is 0 Å². The predicted molar refractivity (Wildman–Crippen MR) is 70.9 cm³/mol. The van der Waals surface area contributed by atoms with Gasteiger partial charge in [-0.25, -0.2) is 0 Å². The lowest BCUT2D eigenvalue weighted by atomic mass is 9.99. The normalized spacial score (nSPS) is 23.6. The Labute approximate surface area is 101 Å². The lowest BCUT2D eigenvalue weighted by Gasteiger charge is -2.27. The van der Waals surface area contributed by atoms with E-state index in [1.54, 1.807) is 0 Å². The molecule has 1 aliphatic rings. The number of hydrogen-bond acceptors (Lipinski definition) is 3. The zero-order chi connectivity index (χ0) is 11.8. The second-order valence-electron chi connectivity index (χ2n) is 5.13. The van der Waals surface area contributed by atoms with Gasteiger partial charge in [0.25, 0.3) is 0 Å². The highest BCUT2D eigenvalue weighted by atomic mass is 15.1. The summed E-state index contributed by atoms with van der Waals surface area (Å²) in [5.74, 6) is 0. The Morgan fingerprint density at radius 2 is 2.25 bits per heavy atom. The Balaban J connectivity index is 2.03. The molecular weight excluding hydrogens is 198 g/mol. The largest absolute Gasteiger partial charge is 0.314 e. The van der Waals surface area contributed by atoms with E-state index < -0.39 is 0 Å². The van der Waals surface area contributed by atoms with Crippen molar-refractivity contribution < 1.29 is 0 Å². The Bertz CT molecular complexity index is 167. The molecule has 0 bridgehead atoms. The van der Waals surface area contributed by atoms with E-state index in [-0.39, 0.29) is 0 Å². The van der Waals surface area contributed by atoms with Gasteiger partial charge in [-0.1, -0.05) is 13.3 Å². The first kappa shape index (κ1) is 13.9. The zero-order valence-corrected chi connectivity index (χ0v) is 11.3. The molecule has 0 aromatic rings. The Morgan fingerprint density at radius 3 is 2.88 bits per heavy atom. The van der Waals surface area contributed by atoms with Gasteiger partial charge in [0, 0.05) is 25.2 Å². The van der Waals surface area contributed by atoms with E-state index in [2.05, 4.69) is 36.4 Å². The van der Waals surface area contributed by atoms with Crippen LogP contribution in [-0.4, -0.2) is 50.2 Å². The molecule has 0 spiro atoms. The number of likely N-dealkylation sites (N-methyl/N-ethyl adjacent to an activating group) is 1. The van der Waals surface area contributed by atoms with Gasteiger partial charge in [0.2, 0.25) is 0 Å². The minimum absolute atomic E-state index is 0.640.